The van der Waals surface area contributed by atoms with Gasteiger partial charge in [0.2, 0.25) is 5.91 Å². The third-order valence-corrected chi connectivity index (χ3v) is 4.78. The highest BCUT2D eigenvalue weighted by atomic mass is 35.5. The van der Waals surface area contributed by atoms with Gasteiger partial charge < -0.3 is 15.4 Å². The standard InChI is InChI=1S/C15H26N4O2.2ClH/c1-5-21-12-11-15(16,14(12,2)3)13(20)18(4)9-10-19-8-6-7-17-19;;/h6-8,12H,5,9-11,16H2,1-4H3;2*1H. The van der Waals surface area contributed by atoms with E-state index in [1.165, 1.54) is 0 Å². The summed E-state index contributed by atoms with van der Waals surface area (Å²) in [6, 6.07) is 1.87. The first-order valence-corrected chi connectivity index (χ1v) is 7.46. The molecule has 2 N–H and O–H groups in total. The summed E-state index contributed by atoms with van der Waals surface area (Å²) >= 11 is 0. The Balaban J connectivity index is 0.00000242. The normalized spacial score (nSPS) is 24.8. The Labute approximate surface area is 150 Å². The summed E-state index contributed by atoms with van der Waals surface area (Å²) in [4.78, 5) is 14.4. The van der Waals surface area contributed by atoms with Crippen molar-refractivity contribution in [2.45, 2.75) is 45.4 Å². The second kappa shape index (κ2) is 8.33. The molecule has 1 aromatic heterocycles. The Morgan fingerprint density at radius 1 is 1.48 bits per heavy atom. The van der Waals surface area contributed by atoms with E-state index in [0.717, 1.165) is 0 Å². The highest BCUT2D eigenvalue weighted by Crippen LogP contribution is 2.50. The Kier molecular flexibility index (Phi) is 8.03. The van der Waals surface area contributed by atoms with Gasteiger partial charge in [0.05, 0.1) is 12.6 Å². The van der Waals surface area contributed by atoms with E-state index in [-0.39, 0.29) is 42.2 Å². The molecule has 1 aliphatic carbocycles. The first kappa shape index (κ1) is 22.2. The maximum Gasteiger partial charge on any atom is 0.243 e. The van der Waals surface area contributed by atoms with Crippen LogP contribution in [-0.2, 0) is 16.1 Å². The first-order chi connectivity index (χ1) is 9.83. The van der Waals surface area contributed by atoms with Crippen LogP contribution in [0.3, 0.4) is 0 Å². The minimum Gasteiger partial charge on any atom is -0.378 e. The van der Waals surface area contributed by atoms with Crippen molar-refractivity contribution >= 4 is 30.7 Å². The first-order valence-electron chi connectivity index (χ1n) is 7.46. The third-order valence-electron chi connectivity index (χ3n) is 4.78. The van der Waals surface area contributed by atoms with Crippen molar-refractivity contribution in [1.29, 1.82) is 0 Å². The summed E-state index contributed by atoms with van der Waals surface area (Å²) in [5, 5.41) is 4.14. The molecule has 1 amide bonds. The predicted octanol–water partition coefficient (Wildman–Crippen LogP) is 1.72. The van der Waals surface area contributed by atoms with Gasteiger partial charge in [0.15, 0.2) is 0 Å². The average molecular weight is 367 g/mol. The van der Waals surface area contributed by atoms with E-state index in [0.29, 0.717) is 26.1 Å². The summed E-state index contributed by atoms with van der Waals surface area (Å²) in [6.07, 6.45) is 4.25. The molecule has 23 heavy (non-hydrogen) atoms. The Bertz CT molecular complexity index is 496. The number of hydrogen-bond acceptors (Lipinski definition) is 4. The van der Waals surface area contributed by atoms with Crippen molar-refractivity contribution in [3.63, 3.8) is 0 Å². The van der Waals surface area contributed by atoms with Crippen LogP contribution >= 0.6 is 24.8 Å². The smallest absolute Gasteiger partial charge is 0.243 e. The molecule has 0 radical (unpaired) electrons. The van der Waals surface area contributed by atoms with Gasteiger partial charge in [-0.15, -0.1) is 24.8 Å². The van der Waals surface area contributed by atoms with Crippen LogP contribution in [0.2, 0.25) is 0 Å². The molecule has 1 heterocycles. The lowest BCUT2D eigenvalue weighted by Gasteiger charge is -2.58. The molecule has 2 rings (SSSR count). The highest BCUT2D eigenvalue weighted by molar-refractivity contribution is 5.88. The second-order valence-electron chi connectivity index (χ2n) is 6.34. The number of aromatic nitrogens is 2. The molecule has 8 heteroatoms. The fourth-order valence-corrected chi connectivity index (χ4v) is 2.93. The highest BCUT2D eigenvalue weighted by Gasteiger charge is 2.63. The van der Waals surface area contributed by atoms with Crippen molar-refractivity contribution in [2.24, 2.45) is 11.1 Å². The summed E-state index contributed by atoms with van der Waals surface area (Å²) in [6.45, 7) is 7.89. The van der Waals surface area contributed by atoms with Crippen LogP contribution in [0.1, 0.15) is 27.2 Å². The topological polar surface area (TPSA) is 73.4 Å². The number of ether oxygens (including phenoxy) is 1. The Morgan fingerprint density at radius 3 is 2.61 bits per heavy atom. The van der Waals surface area contributed by atoms with E-state index >= 15 is 0 Å². The van der Waals surface area contributed by atoms with E-state index < -0.39 is 5.54 Å². The fourth-order valence-electron chi connectivity index (χ4n) is 2.93. The summed E-state index contributed by atoms with van der Waals surface area (Å²) in [7, 11) is 1.80. The number of likely N-dealkylation sites (N-methyl/N-ethyl adjacent to an activating group) is 1. The molecule has 0 spiro atoms. The number of nitrogens with two attached hydrogens (primary N) is 1. The van der Waals surface area contributed by atoms with Gasteiger partial charge in [0.25, 0.3) is 0 Å². The van der Waals surface area contributed by atoms with Crippen LogP contribution < -0.4 is 5.73 Å². The minimum absolute atomic E-state index is 0. The number of carbonyl (C=O) groups is 1. The zero-order chi connectivity index (χ0) is 15.7. The number of halogens is 2. The second-order valence-corrected chi connectivity index (χ2v) is 6.34. The molecule has 0 aromatic carbocycles. The zero-order valence-electron chi connectivity index (χ0n) is 14.2. The monoisotopic (exact) mass is 366 g/mol. The predicted molar refractivity (Wildman–Crippen MR) is 95.1 cm³/mol. The molecule has 1 saturated carbocycles. The number of rotatable bonds is 6. The van der Waals surface area contributed by atoms with Crippen LogP contribution in [0, 0.1) is 5.41 Å². The van der Waals surface area contributed by atoms with Gasteiger partial charge in [-0.05, 0) is 13.0 Å². The third kappa shape index (κ3) is 3.99. The Morgan fingerprint density at radius 2 is 2.13 bits per heavy atom. The lowest BCUT2D eigenvalue weighted by molar-refractivity contribution is -0.178. The SMILES string of the molecule is CCOC1CC(N)(C(=O)N(C)CCn2cccn2)C1(C)C.Cl.Cl. The van der Waals surface area contributed by atoms with Gasteiger partial charge in [-0.2, -0.15) is 5.10 Å². The Hall–Kier alpha value is -0.820. The molecule has 1 aromatic rings. The molecule has 6 nitrogen and oxygen atoms in total. The fraction of sp³-hybridized carbons (Fsp3) is 0.733. The lowest BCUT2D eigenvalue weighted by atomic mass is 9.54. The molecule has 2 atom stereocenters. The molecule has 0 saturated heterocycles. The number of nitrogens with zero attached hydrogens (tertiary/aromatic N) is 3. The largest absolute Gasteiger partial charge is 0.378 e. The summed E-state index contributed by atoms with van der Waals surface area (Å²) in [5.41, 5.74) is 5.21. The minimum atomic E-state index is -0.842. The van der Waals surface area contributed by atoms with Crippen LogP contribution in [-0.4, -0.2) is 52.4 Å². The maximum absolute atomic E-state index is 12.7. The van der Waals surface area contributed by atoms with Crippen LogP contribution in [0.25, 0.3) is 0 Å². The van der Waals surface area contributed by atoms with Gasteiger partial charge in [0.1, 0.15) is 5.54 Å². The quantitative estimate of drug-likeness (QED) is 0.831. The van der Waals surface area contributed by atoms with Crippen molar-refractivity contribution in [1.82, 2.24) is 14.7 Å². The molecule has 0 bridgehead atoms. The number of amides is 1. The molecule has 1 aliphatic rings. The van der Waals surface area contributed by atoms with E-state index in [1.807, 2.05) is 37.7 Å². The van der Waals surface area contributed by atoms with Crippen LogP contribution in [0.15, 0.2) is 18.5 Å². The number of hydrogen-bond donors (Lipinski definition) is 1. The van der Waals surface area contributed by atoms with Crippen molar-refractivity contribution in [3.8, 4) is 0 Å². The van der Waals surface area contributed by atoms with Gasteiger partial charge >= 0.3 is 0 Å². The van der Waals surface area contributed by atoms with Crippen molar-refractivity contribution < 1.29 is 9.53 Å². The average Bonchev–Trinajstić information content (AvgIpc) is 2.96. The van der Waals surface area contributed by atoms with E-state index in [4.69, 9.17) is 10.5 Å². The molecular formula is C15H28Cl2N4O2. The van der Waals surface area contributed by atoms with Gasteiger partial charge in [-0.25, -0.2) is 0 Å². The van der Waals surface area contributed by atoms with Crippen LogP contribution in [0.4, 0.5) is 0 Å². The van der Waals surface area contributed by atoms with E-state index in [2.05, 4.69) is 5.10 Å². The van der Waals surface area contributed by atoms with E-state index in [9.17, 15) is 4.79 Å². The number of carbonyl (C=O) groups excluding carboxylic acids is 1. The molecule has 0 aliphatic heterocycles. The van der Waals surface area contributed by atoms with Gasteiger partial charge in [-0.1, -0.05) is 13.8 Å². The molecular weight excluding hydrogens is 339 g/mol. The van der Waals surface area contributed by atoms with Crippen LogP contribution in [0.5, 0.6) is 0 Å². The van der Waals surface area contributed by atoms with Crippen molar-refractivity contribution in [3.05, 3.63) is 18.5 Å². The molecule has 2 unspecified atom stereocenters. The van der Waals surface area contributed by atoms with E-state index in [1.54, 1.807) is 18.1 Å². The van der Waals surface area contributed by atoms with Crippen molar-refractivity contribution in [2.75, 3.05) is 20.2 Å². The van der Waals surface area contributed by atoms with Gasteiger partial charge in [-0.3, -0.25) is 9.48 Å². The lowest BCUT2D eigenvalue weighted by Crippen LogP contribution is -2.75. The zero-order valence-corrected chi connectivity index (χ0v) is 15.8. The summed E-state index contributed by atoms with van der Waals surface area (Å²) in [5.74, 6) is -0.0180. The molecule has 134 valence electrons. The molecule has 1 fully saturated rings. The van der Waals surface area contributed by atoms with Gasteiger partial charge in [0, 0.05) is 44.4 Å². The maximum atomic E-state index is 12.7. The summed E-state index contributed by atoms with van der Waals surface area (Å²) < 4.78 is 7.48.